The Morgan fingerprint density at radius 1 is 1.30 bits per heavy atom. The van der Waals surface area contributed by atoms with Crippen LogP contribution in [0.4, 0.5) is 10.2 Å². The number of hydrogen-bond donors (Lipinski definition) is 3. The summed E-state index contributed by atoms with van der Waals surface area (Å²) in [6.45, 7) is 3.89. The highest BCUT2D eigenvalue weighted by atomic mass is 19.1. The maximum atomic E-state index is 12.8. The Labute approximate surface area is 134 Å². The van der Waals surface area contributed by atoms with Crippen molar-refractivity contribution >= 4 is 11.7 Å². The number of benzene rings is 1. The maximum absolute atomic E-state index is 12.8. The zero-order chi connectivity index (χ0) is 16.1. The van der Waals surface area contributed by atoms with E-state index in [1.54, 1.807) is 6.20 Å². The fraction of sp³-hybridized carbons (Fsp3) is 0.375. The minimum atomic E-state index is -0.343. The summed E-state index contributed by atoms with van der Waals surface area (Å²) in [7, 11) is 0. The molecule has 1 aromatic carbocycles. The zero-order valence-corrected chi connectivity index (χ0v) is 12.8. The SMILES string of the molecule is O=C(NCCNC[C@H]1CNc2ccnn2C1)c1ccc(F)cc1. The quantitative estimate of drug-likeness (QED) is 0.697. The molecule has 6 nitrogen and oxygen atoms in total. The van der Waals surface area contributed by atoms with Crippen LogP contribution in [0.15, 0.2) is 36.5 Å². The lowest BCUT2D eigenvalue weighted by atomic mass is 10.1. The van der Waals surface area contributed by atoms with Crippen molar-refractivity contribution in [2.24, 2.45) is 5.92 Å². The van der Waals surface area contributed by atoms with Crippen LogP contribution < -0.4 is 16.0 Å². The summed E-state index contributed by atoms with van der Waals surface area (Å²) < 4.78 is 14.8. The van der Waals surface area contributed by atoms with Crippen molar-refractivity contribution in [3.63, 3.8) is 0 Å². The van der Waals surface area contributed by atoms with Gasteiger partial charge in [0.1, 0.15) is 11.6 Å². The van der Waals surface area contributed by atoms with E-state index in [1.807, 2.05) is 10.7 Å². The molecule has 0 bridgehead atoms. The molecule has 0 radical (unpaired) electrons. The first kappa shape index (κ1) is 15.5. The van der Waals surface area contributed by atoms with Gasteiger partial charge in [-0.2, -0.15) is 5.10 Å². The summed E-state index contributed by atoms with van der Waals surface area (Å²) in [4.78, 5) is 11.8. The van der Waals surface area contributed by atoms with Gasteiger partial charge in [-0.15, -0.1) is 0 Å². The number of carbonyl (C=O) groups is 1. The second-order valence-corrected chi connectivity index (χ2v) is 5.61. The highest BCUT2D eigenvalue weighted by molar-refractivity contribution is 5.94. The number of nitrogens with one attached hydrogen (secondary N) is 3. The van der Waals surface area contributed by atoms with Crippen LogP contribution in [0.1, 0.15) is 10.4 Å². The van der Waals surface area contributed by atoms with Crippen LogP contribution in [0.3, 0.4) is 0 Å². The molecule has 0 saturated carbocycles. The Morgan fingerprint density at radius 2 is 2.13 bits per heavy atom. The van der Waals surface area contributed by atoms with Gasteiger partial charge >= 0.3 is 0 Å². The van der Waals surface area contributed by atoms with Gasteiger partial charge in [0.15, 0.2) is 0 Å². The average Bonchev–Trinajstić information content (AvgIpc) is 3.02. The van der Waals surface area contributed by atoms with Crippen molar-refractivity contribution in [1.29, 1.82) is 0 Å². The number of hydrogen-bond acceptors (Lipinski definition) is 4. The molecule has 0 saturated heterocycles. The van der Waals surface area contributed by atoms with Gasteiger partial charge in [0.2, 0.25) is 0 Å². The second-order valence-electron chi connectivity index (χ2n) is 5.61. The molecule has 7 heteroatoms. The number of fused-ring (bicyclic) bond motifs is 1. The van der Waals surface area contributed by atoms with E-state index in [0.29, 0.717) is 24.6 Å². The van der Waals surface area contributed by atoms with Crippen molar-refractivity contribution < 1.29 is 9.18 Å². The normalized spacial score (nSPS) is 16.5. The number of aromatic nitrogens is 2. The number of anilines is 1. The monoisotopic (exact) mass is 317 g/mol. The zero-order valence-electron chi connectivity index (χ0n) is 12.8. The van der Waals surface area contributed by atoms with Crippen LogP contribution in [-0.4, -0.2) is 41.9 Å². The van der Waals surface area contributed by atoms with Crippen molar-refractivity contribution in [3.05, 3.63) is 47.9 Å². The molecule has 0 unspecified atom stereocenters. The molecule has 1 aliphatic heterocycles. The minimum absolute atomic E-state index is 0.188. The van der Waals surface area contributed by atoms with Gasteiger partial charge in [0.05, 0.1) is 6.20 Å². The van der Waals surface area contributed by atoms with Crippen molar-refractivity contribution in [2.75, 3.05) is 31.5 Å². The largest absolute Gasteiger partial charge is 0.370 e. The van der Waals surface area contributed by atoms with Crippen LogP contribution in [0.5, 0.6) is 0 Å². The molecule has 23 heavy (non-hydrogen) atoms. The van der Waals surface area contributed by atoms with E-state index in [-0.39, 0.29) is 11.7 Å². The molecule has 2 aromatic rings. The second kappa shape index (κ2) is 7.23. The fourth-order valence-corrected chi connectivity index (χ4v) is 2.60. The fourth-order valence-electron chi connectivity index (χ4n) is 2.60. The first-order chi connectivity index (χ1) is 11.2. The van der Waals surface area contributed by atoms with Crippen molar-refractivity contribution in [2.45, 2.75) is 6.54 Å². The molecular formula is C16H20FN5O. The highest BCUT2D eigenvalue weighted by Gasteiger charge is 2.17. The van der Waals surface area contributed by atoms with Gasteiger partial charge in [-0.25, -0.2) is 9.07 Å². The average molecular weight is 317 g/mol. The van der Waals surface area contributed by atoms with Crippen LogP contribution >= 0.6 is 0 Å². The predicted molar refractivity (Wildman–Crippen MR) is 85.8 cm³/mol. The van der Waals surface area contributed by atoms with E-state index in [1.165, 1.54) is 24.3 Å². The summed E-state index contributed by atoms with van der Waals surface area (Å²) >= 11 is 0. The maximum Gasteiger partial charge on any atom is 0.251 e. The third-order valence-electron chi connectivity index (χ3n) is 3.85. The molecule has 1 amide bonds. The number of amides is 1. The Hall–Kier alpha value is -2.41. The Kier molecular flexibility index (Phi) is 4.87. The third-order valence-corrected chi connectivity index (χ3v) is 3.85. The number of carbonyl (C=O) groups excluding carboxylic acids is 1. The van der Waals surface area contributed by atoms with Crippen molar-refractivity contribution in [3.8, 4) is 0 Å². The molecule has 0 aliphatic carbocycles. The highest BCUT2D eigenvalue weighted by Crippen LogP contribution is 2.15. The van der Waals surface area contributed by atoms with Gasteiger partial charge in [-0.1, -0.05) is 0 Å². The summed E-state index contributed by atoms with van der Waals surface area (Å²) in [5.74, 6) is 1.000. The predicted octanol–water partition coefficient (Wildman–Crippen LogP) is 1.08. The summed E-state index contributed by atoms with van der Waals surface area (Å²) in [6.07, 6.45) is 1.79. The number of rotatable bonds is 6. The lowest BCUT2D eigenvalue weighted by Gasteiger charge is -2.25. The van der Waals surface area contributed by atoms with E-state index in [0.717, 1.165) is 25.5 Å². The minimum Gasteiger partial charge on any atom is -0.370 e. The molecule has 3 rings (SSSR count). The Balaban J connectivity index is 1.33. The van der Waals surface area contributed by atoms with E-state index in [2.05, 4.69) is 21.0 Å². The van der Waals surface area contributed by atoms with Gasteiger partial charge < -0.3 is 16.0 Å². The van der Waals surface area contributed by atoms with Gasteiger partial charge in [0, 0.05) is 50.3 Å². The summed E-state index contributed by atoms with van der Waals surface area (Å²) in [5.41, 5.74) is 0.467. The lowest BCUT2D eigenvalue weighted by Crippen LogP contribution is -2.38. The molecule has 2 heterocycles. The molecule has 0 fully saturated rings. The van der Waals surface area contributed by atoms with E-state index in [4.69, 9.17) is 0 Å². The molecule has 1 aliphatic rings. The molecule has 1 aromatic heterocycles. The molecule has 1 atom stereocenters. The van der Waals surface area contributed by atoms with Crippen LogP contribution in [-0.2, 0) is 6.54 Å². The molecule has 122 valence electrons. The third kappa shape index (κ3) is 4.07. The number of halogens is 1. The van der Waals surface area contributed by atoms with E-state index >= 15 is 0 Å². The Bertz CT molecular complexity index is 655. The first-order valence-corrected chi connectivity index (χ1v) is 7.72. The standard InChI is InChI=1S/C16H20FN5O/c17-14-3-1-13(2-4-14)16(23)19-8-7-18-9-12-10-20-15-5-6-21-22(15)11-12/h1-6,12,18,20H,7-11H2,(H,19,23)/t12-/m0/s1. The van der Waals surface area contributed by atoms with Gasteiger partial charge in [-0.05, 0) is 24.3 Å². The van der Waals surface area contributed by atoms with E-state index in [9.17, 15) is 9.18 Å². The van der Waals surface area contributed by atoms with Gasteiger partial charge in [-0.3, -0.25) is 4.79 Å². The number of nitrogens with zero attached hydrogens (tertiary/aromatic N) is 2. The first-order valence-electron chi connectivity index (χ1n) is 7.72. The van der Waals surface area contributed by atoms with Gasteiger partial charge in [0.25, 0.3) is 5.91 Å². The Morgan fingerprint density at radius 3 is 2.96 bits per heavy atom. The van der Waals surface area contributed by atoms with Crippen LogP contribution in [0.2, 0.25) is 0 Å². The topological polar surface area (TPSA) is 71.0 Å². The van der Waals surface area contributed by atoms with E-state index < -0.39 is 0 Å². The smallest absolute Gasteiger partial charge is 0.251 e. The van der Waals surface area contributed by atoms with Crippen LogP contribution in [0, 0.1) is 11.7 Å². The molecule has 3 N–H and O–H groups in total. The lowest BCUT2D eigenvalue weighted by molar-refractivity contribution is 0.0954. The van der Waals surface area contributed by atoms with Crippen molar-refractivity contribution in [1.82, 2.24) is 20.4 Å². The molecular weight excluding hydrogens is 297 g/mol. The molecule has 0 spiro atoms. The van der Waals surface area contributed by atoms with Crippen LogP contribution in [0.25, 0.3) is 0 Å². The summed E-state index contributed by atoms with van der Waals surface area (Å²) in [6, 6.07) is 7.50. The summed E-state index contributed by atoms with van der Waals surface area (Å²) in [5, 5.41) is 13.7.